The van der Waals surface area contributed by atoms with Gasteiger partial charge in [0.15, 0.2) is 0 Å². The van der Waals surface area contributed by atoms with E-state index in [1.165, 1.54) is 6.42 Å². The van der Waals surface area contributed by atoms with Gasteiger partial charge in [-0.3, -0.25) is 0 Å². The predicted octanol–water partition coefficient (Wildman–Crippen LogP) is 2.79. The van der Waals surface area contributed by atoms with Crippen molar-refractivity contribution in [3.8, 4) is 0 Å². The molecule has 1 heterocycles. The van der Waals surface area contributed by atoms with Crippen LogP contribution in [0.15, 0.2) is 24.3 Å². The minimum Gasteiger partial charge on any atom is -0.380 e. The molecule has 4 heteroatoms. The van der Waals surface area contributed by atoms with Gasteiger partial charge in [-0.2, -0.15) is 0 Å². The van der Waals surface area contributed by atoms with Gasteiger partial charge >= 0.3 is 0 Å². The van der Waals surface area contributed by atoms with Crippen molar-refractivity contribution >= 4 is 17.0 Å². The lowest BCUT2D eigenvalue weighted by molar-refractivity contribution is 0.141. The van der Waals surface area contributed by atoms with Crippen molar-refractivity contribution in [1.29, 1.82) is 0 Å². The molecule has 2 N–H and O–H groups in total. The van der Waals surface area contributed by atoms with Crippen molar-refractivity contribution in [1.82, 2.24) is 9.97 Å². The standard InChI is InChI=1S/C13H19N3O/c1-2-3-9-17-10-8-14-13-15-11-6-4-5-7-12(11)16-13/h4-7H,2-3,8-10H2,1H3,(H2,14,15,16). The Hall–Kier alpha value is -1.55. The monoisotopic (exact) mass is 233 g/mol. The first-order chi connectivity index (χ1) is 8.40. The van der Waals surface area contributed by atoms with Crippen LogP contribution in [0.1, 0.15) is 19.8 Å². The van der Waals surface area contributed by atoms with Crippen molar-refractivity contribution in [2.75, 3.05) is 25.1 Å². The van der Waals surface area contributed by atoms with E-state index in [1.807, 2.05) is 24.3 Å². The fraction of sp³-hybridized carbons (Fsp3) is 0.462. The molecule has 0 unspecified atom stereocenters. The van der Waals surface area contributed by atoms with Gasteiger partial charge in [0.05, 0.1) is 17.6 Å². The molecule has 0 radical (unpaired) electrons. The number of imidazole rings is 1. The largest absolute Gasteiger partial charge is 0.380 e. The molecule has 0 saturated heterocycles. The lowest BCUT2D eigenvalue weighted by atomic mass is 10.3. The van der Waals surface area contributed by atoms with Crippen molar-refractivity contribution in [3.05, 3.63) is 24.3 Å². The molecule has 2 aromatic rings. The number of ether oxygens (including phenoxy) is 1. The van der Waals surface area contributed by atoms with E-state index in [0.29, 0.717) is 0 Å². The Bertz CT molecular complexity index is 420. The van der Waals surface area contributed by atoms with Crippen LogP contribution in [0, 0.1) is 0 Å². The Balaban J connectivity index is 1.75. The SMILES string of the molecule is CCCCOCCNc1nc2ccccc2[nH]1. The summed E-state index contributed by atoms with van der Waals surface area (Å²) in [7, 11) is 0. The molecule has 2 rings (SSSR count). The number of benzene rings is 1. The molecule has 0 fully saturated rings. The average Bonchev–Trinajstić information content (AvgIpc) is 2.76. The molecular weight excluding hydrogens is 214 g/mol. The minimum atomic E-state index is 0.719. The second-order valence-corrected chi connectivity index (χ2v) is 4.00. The lowest BCUT2D eigenvalue weighted by Gasteiger charge is -2.03. The summed E-state index contributed by atoms with van der Waals surface area (Å²) in [4.78, 5) is 7.64. The van der Waals surface area contributed by atoms with Gasteiger partial charge in [0.25, 0.3) is 0 Å². The maximum absolute atomic E-state index is 5.47. The topological polar surface area (TPSA) is 49.9 Å². The van der Waals surface area contributed by atoms with Crippen molar-refractivity contribution in [2.24, 2.45) is 0 Å². The van der Waals surface area contributed by atoms with Crippen molar-refractivity contribution in [2.45, 2.75) is 19.8 Å². The quantitative estimate of drug-likeness (QED) is 0.723. The summed E-state index contributed by atoms with van der Waals surface area (Å²) in [6.07, 6.45) is 2.31. The van der Waals surface area contributed by atoms with Gasteiger partial charge in [-0.1, -0.05) is 25.5 Å². The second kappa shape index (κ2) is 6.25. The molecule has 0 bridgehead atoms. The van der Waals surface area contributed by atoms with Gasteiger partial charge in [0.2, 0.25) is 5.95 Å². The molecule has 92 valence electrons. The second-order valence-electron chi connectivity index (χ2n) is 4.00. The summed E-state index contributed by atoms with van der Waals surface area (Å²) in [6, 6.07) is 8.00. The molecule has 1 aromatic carbocycles. The van der Waals surface area contributed by atoms with Crippen LogP contribution in [0.2, 0.25) is 0 Å². The summed E-state index contributed by atoms with van der Waals surface area (Å²) in [5, 5.41) is 3.22. The number of fused-ring (bicyclic) bond motifs is 1. The number of hydrogen-bond acceptors (Lipinski definition) is 3. The van der Waals surface area contributed by atoms with Crippen LogP contribution in [0.5, 0.6) is 0 Å². The molecule has 0 aliphatic rings. The Morgan fingerprint density at radius 1 is 1.29 bits per heavy atom. The van der Waals surface area contributed by atoms with Crippen LogP contribution in [0.4, 0.5) is 5.95 Å². The highest BCUT2D eigenvalue weighted by Crippen LogP contribution is 2.12. The van der Waals surface area contributed by atoms with Crippen LogP contribution in [0.25, 0.3) is 11.0 Å². The zero-order valence-electron chi connectivity index (χ0n) is 10.2. The smallest absolute Gasteiger partial charge is 0.201 e. The number of nitrogens with one attached hydrogen (secondary N) is 2. The third kappa shape index (κ3) is 3.46. The average molecular weight is 233 g/mol. The molecule has 0 spiro atoms. The highest BCUT2D eigenvalue weighted by atomic mass is 16.5. The summed E-state index contributed by atoms with van der Waals surface area (Å²) in [5.74, 6) is 0.810. The number of nitrogens with zero attached hydrogens (tertiary/aromatic N) is 1. The van der Waals surface area contributed by atoms with E-state index in [9.17, 15) is 0 Å². The zero-order valence-corrected chi connectivity index (χ0v) is 10.2. The number of anilines is 1. The first kappa shape index (κ1) is 11.9. The predicted molar refractivity (Wildman–Crippen MR) is 70.3 cm³/mol. The number of unbranched alkanes of at least 4 members (excludes halogenated alkanes) is 1. The Morgan fingerprint density at radius 3 is 3.00 bits per heavy atom. The highest BCUT2D eigenvalue weighted by molar-refractivity contribution is 5.77. The van der Waals surface area contributed by atoms with Gasteiger partial charge in [0.1, 0.15) is 0 Å². The first-order valence-electron chi connectivity index (χ1n) is 6.16. The van der Waals surface area contributed by atoms with Crippen LogP contribution in [-0.2, 0) is 4.74 Å². The van der Waals surface area contributed by atoms with Crippen molar-refractivity contribution < 1.29 is 4.74 Å². The fourth-order valence-electron chi connectivity index (χ4n) is 1.63. The van der Waals surface area contributed by atoms with Crippen LogP contribution in [-0.4, -0.2) is 29.7 Å². The van der Waals surface area contributed by atoms with Gasteiger partial charge < -0.3 is 15.0 Å². The van der Waals surface area contributed by atoms with E-state index < -0.39 is 0 Å². The normalized spacial score (nSPS) is 10.9. The van der Waals surface area contributed by atoms with Crippen LogP contribution >= 0.6 is 0 Å². The number of H-pyrrole nitrogens is 1. The van der Waals surface area contributed by atoms with Crippen LogP contribution in [0.3, 0.4) is 0 Å². The Labute approximate surface area is 101 Å². The van der Waals surface area contributed by atoms with Gasteiger partial charge in [-0.15, -0.1) is 0 Å². The van der Waals surface area contributed by atoms with E-state index in [4.69, 9.17) is 4.74 Å². The Kier molecular flexibility index (Phi) is 4.38. The number of aromatic amines is 1. The number of aromatic nitrogens is 2. The number of para-hydroxylation sites is 2. The van der Waals surface area contributed by atoms with E-state index >= 15 is 0 Å². The van der Waals surface area contributed by atoms with Gasteiger partial charge in [-0.25, -0.2) is 4.98 Å². The Morgan fingerprint density at radius 2 is 2.18 bits per heavy atom. The summed E-state index contributed by atoms with van der Waals surface area (Å²) < 4.78 is 5.47. The first-order valence-corrected chi connectivity index (χ1v) is 6.16. The molecule has 17 heavy (non-hydrogen) atoms. The van der Waals surface area contributed by atoms with E-state index in [-0.39, 0.29) is 0 Å². The molecule has 0 aliphatic heterocycles. The van der Waals surface area contributed by atoms with E-state index in [1.54, 1.807) is 0 Å². The lowest BCUT2D eigenvalue weighted by Crippen LogP contribution is -2.10. The molecule has 0 aliphatic carbocycles. The van der Waals surface area contributed by atoms with Gasteiger partial charge in [0, 0.05) is 13.2 Å². The molecule has 0 atom stereocenters. The van der Waals surface area contributed by atoms with Crippen molar-refractivity contribution in [3.63, 3.8) is 0 Å². The maximum atomic E-state index is 5.47. The minimum absolute atomic E-state index is 0.719. The highest BCUT2D eigenvalue weighted by Gasteiger charge is 1.99. The summed E-state index contributed by atoms with van der Waals surface area (Å²) >= 11 is 0. The molecule has 0 amide bonds. The maximum Gasteiger partial charge on any atom is 0.201 e. The molecule has 0 saturated carbocycles. The fourth-order valence-corrected chi connectivity index (χ4v) is 1.63. The van der Waals surface area contributed by atoms with Gasteiger partial charge in [-0.05, 0) is 18.6 Å². The summed E-state index contributed by atoms with van der Waals surface area (Å²) in [6.45, 7) is 4.51. The van der Waals surface area contributed by atoms with E-state index in [0.717, 1.165) is 43.2 Å². The number of hydrogen-bond donors (Lipinski definition) is 2. The summed E-state index contributed by atoms with van der Waals surface area (Å²) in [5.41, 5.74) is 2.05. The number of rotatable bonds is 7. The van der Waals surface area contributed by atoms with E-state index in [2.05, 4.69) is 22.2 Å². The van der Waals surface area contributed by atoms with Crippen LogP contribution < -0.4 is 5.32 Å². The molecule has 1 aromatic heterocycles. The third-order valence-corrected chi connectivity index (χ3v) is 2.57. The molecule has 4 nitrogen and oxygen atoms in total. The molecular formula is C13H19N3O. The third-order valence-electron chi connectivity index (χ3n) is 2.57. The zero-order chi connectivity index (χ0) is 11.9.